The Morgan fingerprint density at radius 1 is 0.575 bits per heavy atom. The Morgan fingerprint density at radius 3 is 1.36 bits per heavy atom. The van der Waals surface area contributed by atoms with Crippen molar-refractivity contribution < 1.29 is 82.2 Å². The van der Waals surface area contributed by atoms with Crippen LogP contribution in [0.4, 0.5) is 4.79 Å². The number of methoxy groups -OCH3 is 2. The van der Waals surface area contributed by atoms with E-state index in [1.165, 1.54) is 9.80 Å². The van der Waals surface area contributed by atoms with Crippen molar-refractivity contribution >= 4 is 157 Å². The summed E-state index contributed by atoms with van der Waals surface area (Å²) in [4.78, 5) is 127. The average Bonchev–Trinajstić information content (AvgIpc) is 0.824. The van der Waals surface area contributed by atoms with Crippen LogP contribution in [0.1, 0.15) is 170 Å². The van der Waals surface area contributed by atoms with E-state index < -0.39 is 115 Å². The van der Waals surface area contributed by atoms with Gasteiger partial charge in [0.1, 0.15) is 42.7 Å². The number of allylic oxidation sites excluding steroid dienone is 1. The third-order valence-corrected chi connectivity index (χ3v) is 18.6. The average molecular weight is 1600 g/mol. The number of amides is 5. The van der Waals surface area contributed by atoms with E-state index in [-0.39, 0.29) is 55.6 Å². The first-order valence-electron chi connectivity index (χ1n) is 35.2. The number of hydrogen-bond donors (Lipinski definition) is 6. The van der Waals surface area contributed by atoms with Crippen LogP contribution in [-0.4, -0.2) is 187 Å². The van der Waals surface area contributed by atoms with Crippen molar-refractivity contribution in [2.24, 2.45) is 40.4 Å². The molecule has 0 saturated carbocycles. The number of piperidine rings is 2. The summed E-state index contributed by atoms with van der Waals surface area (Å²) in [5.74, 6) is -5.93. The monoisotopic (exact) mass is 1600 g/mol. The van der Waals surface area contributed by atoms with Gasteiger partial charge in [-0.05, 0) is 148 Å². The summed E-state index contributed by atoms with van der Waals surface area (Å²) >= 11 is 33.9. The number of carbonyl (C=O) groups is 9. The van der Waals surface area contributed by atoms with Crippen LogP contribution in [0.25, 0.3) is 34.0 Å². The number of alkyl carbamates (subject to hydrolysis) is 1. The van der Waals surface area contributed by atoms with E-state index in [2.05, 4.69) is 25.9 Å². The van der Waals surface area contributed by atoms with E-state index in [1.807, 2.05) is 81.5 Å². The summed E-state index contributed by atoms with van der Waals surface area (Å²) in [6.07, 6.45) is 8.16. The molecule has 2 aliphatic heterocycles. The predicted octanol–water partition coefficient (Wildman–Crippen LogP) is 12.9. The van der Waals surface area contributed by atoms with Crippen LogP contribution in [-0.2, 0) is 62.0 Å². The van der Waals surface area contributed by atoms with E-state index in [0.29, 0.717) is 76.2 Å². The maximum absolute atomic E-state index is 14.0. The number of aliphatic carboxylic acids is 1. The number of pyridine rings is 2. The third-order valence-electron chi connectivity index (χ3n) is 17.9. The van der Waals surface area contributed by atoms with Crippen molar-refractivity contribution in [1.82, 2.24) is 35.7 Å². The molecule has 588 valence electrons. The molecule has 106 heavy (non-hydrogen) atoms. The molecule has 0 radical (unpaired) electrons. The molecule has 2 saturated heterocycles. The number of Topliss-reactive ketones (excluding diaryl/α,β-unsaturated/α-hetero) is 1. The van der Waals surface area contributed by atoms with Gasteiger partial charge in [-0.1, -0.05) is 158 Å². The number of rotatable bonds is 29. The Kier molecular flexibility index (Phi) is 36.4. The van der Waals surface area contributed by atoms with Crippen molar-refractivity contribution in [3.63, 3.8) is 0 Å². The lowest BCUT2D eigenvalue weighted by molar-refractivity contribution is -0.153. The molecule has 2 fully saturated rings. The molecule has 2 aliphatic rings. The van der Waals surface area contributed by atoms with Crippen LogP contribution >= 0.6 is 69.6 Å². The summed E-state index contributed by atoms with van der Waals surface area (Å²) in [5.41, 5.74) is 1.74. The zero-order chi connectivity index (χ0) is 79.8. The minimum Gasteiger partial charge on any atom is -0.481 e. The molecule has 4 aromatic rings. The molecule has 6 rings (SSSR count). The molecule has 24 nitrogen and oxygen atoms in total. The molecule has 2 unspecified atom stereocenters. The SMILES string of the molecule is CC(C)[C@H](NC(=O)OC(C)(C)C)C(=O)N[C@@H](C)C(=O)N1CCC[C@@H](C(=O)OCC(Cl)(Cl)Cl)C1.COCCC(C)(/C=C/c1ccc2ccc([C@@H](C)O)nc2c1)C(=O)C[C@H](C(=O)N[C@@H](C)C(=O)N1CCC[C@@H](C(=O)OCC(Cl)(Cl)Cl)C1)C(C)C.COCCC(C)(/C=C/c1ccc2ccc([C@@H](C)O)nc2c1)C(=O)O. The smallest absolute Gasteiger partial charge is 0.408 e. The lowest BCUT2D eigenvalue weighted by Crippen LogP contribution is -2.56. The number of carboxylic acids is 1. The summed E-state index contributed by atoms with van der Waals surface area (Å²) < 4.78 is 22.3. The van der Waals surface area contributed by atoms with Gasteiger partial charge in [-0.25, -0.2) is 4.79 Å². The van der Waals surface area contributed by atoms with Crippen LogP contribution in [0.2, 0.25) is 0 Å². The van der Waals surface area contributed by atoms with Gasteiger partial charge in [0.25, 0.3) is 0 Å². The lowest BCUT2D eigenvalue weighted by atomic mass is 9.76. The molecule has 2 aromatic carbocycles. The Hall–Kier alpha value is -6.45. The van der Waals surface area contributed by atoms with Gasteiger partial charge in [0.15, 0.2) is 0 Å². The number of nitrogens with zero attached hydrogens (tertiary/aromatic N) is 4. The fourth-order valence-electron chi connectivity index (χ4n) is 11.3. The van der Waals surface area contributed by atoms with Gasteiger partial charge < -0.3 is 64.8 Å². The Balaban J connectivity index is 0.000000360. The minimum atomic E-state index is -1.73. The predicted molar refractivity (Wildman–Crippen MR) is 412 cm³/mol. The van der Waals surface area contributed by atoms with Crippen molar-refractivity contribution in [2.75, 3.05) is 66.8 Å². The lowest BCUT2D eigenvalue weighted by Gasteiger charge is -2.34. The molecule has 0 bridgehead atoms. The largest absolute Gasteiger partial charge is 0.481 e. The number of ether oxygens (including phenoxy) is 5. The van der Waals surface area contributed by atoms with Crippen molar-refractivity contribution in [2.45, 2.75) is 178 Å². The standard InChI is InChI=1S/C36H48Cl3N3O7.C21H34Cl3N3O6.C19H23NO4/c1-22(2)28(32(45)40-23(3)33(46)42-16-7-8-27(20-42)34(47)49-21-36(37,38)39)19-31(44)35(5,15-17-48-6)14-13-25-9-10-26-11-12-29(24(4)43)41-30(26)18-25;1-12(2)15(26-19(31)33-20(4,5)6)16(28)25-13(3)17(29)27-9-7-8-14(10-27)18(30)32-11-21(22,23)24;1-13(21)16-7-6-15-5-4-14(12-17(15)20-16)8-9-19(2,18(22)23)10-11-24-3/h9-14,18,22-24,27-28,43H,7-8,15-17,19-21H2,1-6H3,(H,40,45);12-15H,7-11H2,1-6H3,(H,25,28)(H,26,31);4-9,12-13,21H,10-11H2,1-3H3,(H,22,23)/b14-13+;;9-8+/t23-,24+,27+,28-,35?;13-,14+,15-;13-,19?/m001/s1. The second-order valence-electron chi connectivity index (χ2n) is 29.0. The molecule has 5 amide bonds. The van der Waals surface area contributed by atoms with Gasteiger partial charge in [0.2, 0.25) is 31.2 Å². The highest BCUT2D eigenvalue weighted by atomic mass is 35.6. The van der Waals surface area contributed by atoms with Crippen LogP contribution in [0, 0.1) is 40.4 Å². The van der Waals surface area contributed by atoms with Gasteiger partial charge in [0.05, 0.1) is 51.9 Å². The zero-order valence-corrected chi connectivity index (χ0v) is 67.6. The first kappa shape index (κ1) is 91.9. The summed E-state index contributed by atoms with van der Waals surface area (Å²) in [6, 6.07) is 16.3. The fourth-order valence-corrected chi connectivity index (χ4v) is 11.7. The number of likely N-dealkylation sites (tertiary alicyclic amines) is 2. The van der Waals surface area contributed by atoms with Crippen molar-refractivity contribution in [3.8, 4) is 0 Å². The number of ketones is 1. The fraction of sp³-hybridized carbons (Fsp3) is 0.592. The number of halogens is 6. The number of carbonyl (C=O) groups excluding carboxylic acids is 8. The molecule has 0 spiro atoms. The summed E-state index contributed by atoms with van der Waals surface area (Å²) in [7, 11) is 3.13. The maximum atomic E-state index is 14.0. The van der Waals surface area contributed by atoms with Gasteiger partial charge in [-0.2, -0.15) is 0 Å². The maximum Gasteiger partial charge on any atom is 0.408 e. The number of hydrogen-bond acceptors (Lipinski definition) is 18. The van der Waals surface area contributed by atoms with E-state index in [4.69, 9.17) is 93.3 Å². The van der Waals surface area contributed by atoms with E-state index in [9.17, 15) is 58.5 Å². The van der Waals surface area contributed by atoms with Crippen LogP contribution in [0.5, 0.6) is 0 Å². The second-order valence-corrected chi connectivity index (χ2v) is 34.1. The van der Waals surface area contributed by atoms with Crippen LogP contribution in [0.3, 0.4) is 0 Å². The van der Waals surface area contributed by atoms with Crippen molar-refractivity contribution in [1.29, 1.82) is 0 Å². The molecule has 6 N–H and O–H groups in total. The van der Waals surface area contributed by atoms with Gasteiger partial charge in [-0.15, -0.1) is 0 Å². The topological polar surface area (TPSA) is 329 Å². The number of aliphatic hydroxyl groups is 2. The molecule has 10 atom stereocenters. The highest BCUT2D eigenvalue weighted by Crippen LogP contribution is 2.34. The highest BCUT2D eigenvalue weighted by molar-refractivity contribution is 6.68. The number of benzene rings is 2. The van der Waals surface area contributed by atoms with E-state index in [0.717, 1.165) is 32.9 Å². The number of esters is 2. The molecule has 30 heteroatoms. The number of nitrogens with one attached hydrogen (secondary N) is 3. The van der Waals surface area contributed by atoms with Crippen LogP contribution < -0.4 is 16.0 Å². The number of aromatic nitrogens is 2. The first-order chi connectivity index (χ1) is 49.3. The number of fused-ring (bicyclic) bond motifs is 2. The molecular weight excluding hydrogens is 1500 g/mol. The minimum absolute atomic E-state index is 0.0349. The van der Waals surface area contributed by atoms with E-state index in [1.54, 1.807) is 108 Å². The normalized spacial score (nSPS) is 18.0. The Labute approximate surface area is 651 Å². The van der Waals surface area contributed by atoms with E-state index >= 15 is 0 Å². The molecular formula is C76H105Cl6N7O17. The molecule has 2 aromatic heterocycles. The number of carboxylic acid groups (broad SMARTS) is 1. The number of aliphatic hydroxyl groups excluding tert-OH is 2. The summed E-state index contributed by atoms with van der Waals surface area (Å²) in [6.45, 7) is 23.5. The molecule has 0 aliphatic carbocycles. The van der Waals surface area contributed by atoms with Gasteiger partial charge in [0, 0.05) is 82.1 Å². The van der Waals surface area contributed by atoms with Crippen LogP contribution in [0.15, 0.2) is 72.8 Å². The molecule has 4 heterocycles. The third kappa shape index (κ3) is 30.5. The summed E-state index contributed by atoms with van der Waals surface area (Å²) in [5, 5.41) is 39.0. The second kappa shape index (κ2) is 41.9. The zero-order valence-electron chi connectivity index (χ0n) is 63.1. The Bertz CT molecular complexity index is 3710. The van der Waals surface area contributed by atoms with Gasteiger partial charge >= 0.3 is 24.0 Å². The van der Waals surface area contributed by atoms with Gasteiger partial charge in [-0.3, -0.25) is 48.3 Å². The number of alkyl halides is 6. The Morgan fingerprint density at radius 2 is 0.981 bits per heavy atom. The first-order valence-corrected chi connectivity index (χ1v) is 37.5. The highest BCUT2D eigenvalue weighted by Gasteiger charge is 2.39. The van der Waals surface area contributed by atoms with Crippen molar-refractivity contribution in [3.05, 3.63) is 95.3 Å². The quantitative estimate of drug-likeness (QED) is 0.0167.